The van der Waals surface area contributed by atoms with Crippen LogP contribution in [0.15, 0.2) is 29.3 Å². The summed E-state index contributed by atoms with van der Waals surface area (Å²) in [5.74, 6) is 1.31. The number of aliphatic imine (C=N–C) groups is 1. The number of sulfonamides is 1. The van der Waals surface area contributed by atoms with E-state index in [1.54, 1.807) is 4.31 Å². The molecule has 0 radical (unpaired) electrons. The Bertz CT molecular complexity index is 699. The fraction of sp³-hybridized carbons (Fsp3) is 0.650. The van der Waals surface area contributed by atoms with Gasteiger partial charge in [0.05, 0.1) is 12.8 Å². The van der Waals surface area contributed by atoms with E-state index >= 15 is 0 Å². The predicted molar refractivity (Wildman–Crippen MR) is 128 cm³/mol. The van der Waals surface area contributed by atoms with Gasteiger partial charge in [0.25, 0.3) is 0 Å². The molecule has 0 saturated carbocycles. The molecule has 0 amide bonds. The summed E-state index contributed by atoms with van der Waals surface area (Å²) in [4.78, 5) is 4.72. The largest absolute Gasteiger partial charge is 0.356 e. The van der Waals surface area contributed by atoms with Crippen molar-refractivity contribution in [2.45, 2.75) is 46.1 Å². The minimum Gasteiger partial charge on any atom is -0.356 e. The van der Waals surface area contributed by atoms with Crippen LogP contribution in [0.2, 0.25) is 0 Å². The van der Waals surface area contributed by atoms with Gasteiger partial charge in [0.2, 0.25) is 10.0 Å². The van der Waals surface area contributed by atoms with Crippen molar-refractivity contribution in [2.75, 3.05) is 32.4 Å². The van der Waals surface area contributed by atoms with Gasteiger partial charge >= 0.3 is 0 Å². The molecule has 1 fully saturated rings. The monoisotopic (exact) mass is 522 g/mol. The maximum atomic E-state index is 11.6. The zero-order valence-electron chi connectivity index (χ0n) is 17.3. The van der Waals surface area contributed by atoms with E-state index in [0.717, 1.165) is 44.7 Å². The van der Waals surface area contributed by atoms with Crippen molar-refractivity contribution in [3.05, 3.63) is 35.4 Å². The number of benzene rings is 1. The van der Waals surface area contributed by atoms with E-state index in [2.05, 4.69) is 48.7 Å². The molecular weight excluding hydrogens is 487 g/mol. The van der Waals surface area contributed by atoms with Gasteiger partial charge in [0.15, 0.2) is 5.96 Å². The first-order valence-electron chi connectivity index (χ1n) is 9.91. The van der Waals surface area contributed by atoms with Crippen LogP contribution in [0.4, 0.5) is 0 Å². The molecule has 0 unspecified atom stereocenters. The van der Waals surface area contributed by atoms with E-state index in [4.69, 9.17) is 4.99 Å². The van der Waals surface area contributed by atoms with E-state index in [-0.39, 0.29) is 24.0 Å². The van der Waals surface area contributed by atoms with Crippen molar-refractivity contribution in [2.24, 2.45) is 10.9 Å². The van der Waals surface area contributed by atoms with Crippen LogP contribution in [-0.4, -0.2) is 51.1 Å². The first-order chi connectivity index (χ1) is 12.9. The van der Waals surface area contributed by atoms with E-state index in [1.165, 1.54) is 17.4 Å². The Morgan fingerprint density at radius 2 is 1.82 bits per heavy atom. The van der Waals surface area contributed by atoms with E-state index < -0.39 is 10.0 Å². The summed E-state index contributed by atoms with van der Waals surface area (Å²) >= 11 is 0. The topological polar surface area (TPSA) is 73.8 Å². The number of piperidine rings is 1. The number of guanidine groups is 1. The second-order valence-corrected chi connectivity index (χ2v) is 9.40. The molecule has 8 heteroatoms. The Morgan fingerprint density at radius 3 is 2.39 bits per heavy atom. The molecule has 1 aromatic carbocycles. The molecule has 160 valence electrons. The average molecular weight is 522 g/mol. The summed E-state index contributed by atoms with van der Waals surface area (Å²) in [6.45, 7) is 7.87. The molecule has 1 aliphatic rings. The highest BCUT2D eigenvalue weighted by Gasteiger charge is 2.24. The lowest BCUT2D eigenvalue weighted by atomic mass is 9.98. The predicted octanol–water partition coefficient (Wildman–Crippen LogP) is 3.12. The number of hydrogen-bond donors (Lipinski definition) is 2. The average Bonchev–Trinajstić information content (AvgIpc) is 2.64. The number of rotatable bonds is 8. The van der Waals surface area contributed by atoms with Crippen LogP contribution in [0, 0.1) is 12.8 Å². The molecule has 6 nitrogen and oxygen atoms in total. The van der Waals surface area contributed by atoms with Crippen molar-refractivity contribution in [1.29, 1.82) is 0 Å². The van der Waals surface area contributed by atoms with E-state index in [9.17, 15) is 8.42 Å². The Kier molecular flexibility index (Phi) is 11.4. The van der Waals surface area contributed by atoms with Crippen LogP contribution in [0.1, 0.15) is 43.7 Å². The molecule has 0 aromatic heterocycles. The summed E-state index contributed by atoms with van der Waals surface area (Å²) < 4.78 is 24.8. The Morgan fingerprint density at radius 1 is 1.18 bits per heavy atom. The summed E-state index contributed by atoms with van der Waals surface area (Å²) in [6, 6.07) is 8.45. The van der Waals surface area contributed by atoms with Crippen LogP contribution in [0.3, 0.4) is 0 Å². The van der Waals surface area contributed by atoms with Gasteiger partial charge in [0, 0.05) is 26.2 Å². The van der Waals surface area contributed by atoms with Crippen molar-refractivity contribution < 1.29 is 8.42 Å². The van der Waals surface area contributed by atoms with Crippen LogP contribution in [-0.2, 0) is 16.6 Å². The number of aryl methyl sites for hydroxylation is 1. The summed E-state index contributed by atoms with van der Waals surface area (Å²) in [5, 5.41) is 6.86. The normalized spacial score (nSPS) is 16.5. The molecule has 0 aliphatic carbocycles. The van der Waals surface area contributed by atoms with Gasteiger partial charge in [-0.3, -0.25) is 0 Å². The third-order valence-electron chi connectivity index (χ3n) is 4.96. The fourth-order valence-electron chi connectivity index (χ4n) is 3.11. The van der Waals surface area contributed by atoms with Crippen LogP contribution >= 0.6 is 24.0 Å². The van der Waals surface area contributed by atoms with Gasteiger partial charge in [-0.2, -0.15) is 0 Å². The van der Waals surface area contributed by atoms with Gasteiger partial charge < -0.3 is 10.6 Å². The molecule has 1 saturated heterocycles. The van der Waals surface area contributed by atoms with Crippen LogP contribution in [0.5, 0.6) is 0 Å². The van der Waals surface area contributed by atoms with Gasteiger partial charge in [-0.05, 0) is 37.7 Å². The first kappa shape index (κ1) is 25.2. The second-order valence-electron chi connectivity index (χ2n) is 7.42. The third-order valence-corrected chi connectivity index (χ3v) is 6.27. The quantitative estimate of drug-likeness (QED) is 0.238. The lowest BCUT2D eigenvalue weighted by molar-refractivity contribution is 0.275. The molecule has 2 rings (SSSR count). The lowest BCUT2D eigenvalue weighted by Crippen LogP contribution is -2.44. The maximum Gasteiger partial charge on any atom is 0.211 e. The number of hydrogen-bond acceptors (Lipinski definition) is 3. The molecule has 1 heterocycles. The van der Waals surface area contributed by atoms with E-state index in [1.807, 2.05) is 0 Å². The van der Waals surface area contributed by atoms with Gasteiger partial charge in [-0.15, -0.1) is 24.0 Å². The second kappa shape index (κ2) is 12.6. The lowest BCUT2D eigenvalue weighted by Gasteiger charge is -2.30. The summed E-state index contributed by atoms with van der Waals surface area (Å²) in [6.07, 6.45) is 5.32. The highest BCUT2D eigenvalue weighted by molar-refractivity contribution is 14.0. The number of nitrogens with zero attached hydrogens (tertiary/aromatic N) is 2. The molecule has 1 aliphatic heterocycles. The van der Waals surface area contributed by atoms with Gasteiger partial charge in [-0.1, -0.05) is 43.2 Å². The van der Waals surface area contributed by atoms with Crippen molar-refractivity contribution in [1.82, 2.24) is 14.9 Å². The number of nitrogens with one attached hydrogen (secondary N) is 2. The first-order valence-corrected chi connectivity index (χ1v) is 11.8. The van der Waals surface area contributed by atoms with Gasteiger partial charge in [-0.25, -0.2) is 17.7 Å². The maximum absolute atomic E-state index is 11.6. The van der Waals surface area contributed by atoms with Gasteiger partial charge in [0.1, 0.15) is 0 Å². The van der Waals surface area contributed by atoms with Crippen LogP contribution in [0.25, 0.3) is 0 Å². The smallest absolute Gasteiger partial charge is 0.211 e. The standard InChI is InChI=1S/C20H34N4O2S.HI/c1-4-5-12-21-20(22-15-18-8-6-17(2)7-9-18)23-16-19-10-13-24(14-11-19)27(3,25)26;/h6-9,19H,4-5,10-16H2,1-3H3,(H2,21,22,23);1H. The van der Waals surface area contributed by atoms with Crippen molar-refractivity contribution >= 4 is 40.0 Å². The Balaban J connectivity index is 0.00000392. The Labute approximate surface area is 187 Å². The number of halogens is 1. The molecule has 0 bridgehead atoms. The highest BCUT2D eigenvalue weighted by atomic mass is 127. The fourth-order valence-corrected chi connectivity index (χ4v) is 3.98. The molecular formula is C20H35IN4O2S. The van der Waals surface area contributed by atoms with E-state index in [0.29, 0.717) is 25.6 Å². The zero-order chi connectivity index (χ0) is 19.7. The molecule has 0 spiro atoms. The minimum absolute atomic E-state index is 0. The highest BCUT2D eigenvalue weighted by Crippen LogP contribution is 2.18. The molecule has 28 heavy (non-hydrogen) atoms. The number of unbranched alkanes of at least 4 members (excludes halogenated alkanes) is 1. The molecule has 1 aromatic rings. The van der Waals surface area contributed by atoms with Crippen molar-refractivity contribution in [3.63, 3.8) is 0 Å². The summed E-state index contributed by atoms with van der Waals surface area (Å²) in [7, 11) is -3.06. The molecule has 0 atom stereocenters. The zero-order valence-corrected chi connectivity index (χ0v) is 20.4. The van der Waals surface area contributed by atoms with Crippen molar-refractivity contribution in [3.8, 4) is 0 Å². The Hall–Kier alpha value is -0.870. The SMILES string of the molecule is CCCCNC(=NCc1ccc(C)cc1)NCC1CCN(S(C)(=O)=O)CC1.I. The van der Waals surface area contributed by atoms with Crippen LogP contribution < -0.4 is 10.6 Å². The minimum atomic E-state index is -3.06. The molecule has 2 N–H and O–H groups in total. The summed E-state index contributed by atoms with van der Waals surface area (Å²) in [5.41, 5.74) is 2.45. The third kappa shape index (κ3) is 9.09.